The minimum atomic E-state index is -0.595. The molecule has 8 heteroatoms. The summed E-state index contributed by atoms with van der Waals surface area (Å²) in [4.78, 5) is 24.9. The maximum absolute atomic E-state index is 12.5. The number of phenolic OH excluding ortho intramolecular Hbond substituents is 2. The molecule has 154 valence electrons. The zero-order valence-electron chi connectivity index (χ0n) is 16.1. The Balaban J connectivity index is 1.67. The summed E-state index contributed by atoms with van der Waals surface area (Å²) in [6.45, 7) is 0. The van der Waals surface area contributed by atoms with E-state index in [1.165, 1.54) is 50.6 Å². The van der Waals surface area contributed by atoms with Gasteiger partial charge in [0.1, 0.15) is 12.2 Å². The number of aromatic hydroxyl groups is 2. The number of rotatable bonds is 6. The van der Waals surface area contributed by atoms with E-state index in [1.807, 2.05) is 0 Å². The van der Waals surface area contributed by atoms with Crippen molar-refractivity contribution in [1.29, 1.82) is 0 Å². The molecule has 0 spiro atoms. The summed E-state index contributed by atoms with van der Waals surface area (Å²) >= 11 is 0. The number of carbonyl (C=O) groups excluding carboxylic acids is 2. The number of ether oxygens (including phenoxy) is 4. The lowest BCUT2D eigenvalue weighted by molar-refractivity contribution is -0.0239. The first-order valence-corrected chi connectivity index (χ1v) is 9.09. The van der Waals surface area contributed by atoms with Crippen LogP contribution >= 0.6 is 0 Å². The van der Waals surface area contributed by atoms with Crippen molar-refractivity contribution in [3.05, 3.63) is 47.5 Å². The summed E-state index contributed by atoms with van der Waals surface area (Å²) in [6.07, 6.45) is 0.721. The van der Waals surface area contributed by atoms with Gasteiger partial charge in [-0.3, -0.25) is 0 Å². The molecular formula is C21H22O8. The lowest BCUT2D eigenvalue weighted by Gasteiger charge is -2.21. The molecule has 1 saturated carbocycles. The number of phenols is 2. The molecule has 0 amide bonds. The van der Waals surface area contributed by atoms with E-state index < -0.39 is 24.1 Å². The predicted molar refractivity (Wildman–Crippen MR) is 102 cm³/mol. The van der Waals surface area contributed by atoms with Gasteiger partial charge in [-0.05, 0) is 55.7 Å². The summed E-state index contributed by atoms with van der Waals surface area (Å²) in [5.41, 5.74) is 0.444. The molecule has 0 aliphatic heterocycles. The van der Waals surface area contributed by atoms with Crippen LogP contribution in [0.2, 0.25) is 0 Å². The lowest BCUT2D eigenvalue weighted by atomic mass is 10.2. The molecule has 3 rings (SSSR count). The van der Waals surface area contributed by atoms with E-state index in [4.69, 9.17) is 18.9 Å². The molecule has 0 saturated heterocycles. The average Bonchev–Trinajstić information content (AvgIpc) is 3.15. The molecule has 0 heterocycles. The molecule has 8 nitrogen and oxygen atoms in total. The van der Waals surface area contributed by atoms with Crippen molar-refractivity contribution in [2.24, 2.45) is 0 Å². The van der Waals surface area contributed by atoms with Crippen LogP contribution in [0.15, 0.2) is 36.4 Å². The third-order valence-electron chi connectivity index (χ3n) is 4.74. The fraction of sp³-hybridized carbons (Fsp3) is 0.333. The third-order valence-corrected chi connectivity index (χ3v) is 4.74. The fourth-order valence-electron chi connectivity index (χ4n) is 3.18. The van der Waals surface area contributed by atoms with Crippen molar-refractivity contribution < 1.29 is 38.7 Å². The molecule has 2 atom stereocenters. The number of esters is 2. The van der Waals surface area contributed by atoms with Crippen molar-refractivity contribution in [2.75, 3.05) is 14.2 Å². The van der Waals surface area contributed by atoms with Gasteiger partial charge in [0.05, 0.1) is 25.3 Å². The Morgan fingerprint density at radius 1 is 0.793 bits per heavy atom. The number of carbonyl (C=O) groups is 2. The Bertz CT molecular complexity index is 834. The second-order valence-corrected chi connectivity index (χ2v) is 6.59. The van der Waals surface area contributed by atoms with Gasteiger partial charge in [0.15, 0.2) is 23.0 Å². The van der Waals surface area contributed by atoms with E-state index >= 15 is 0 Å². The van der Waals surface area contributed by atoms with E-state index in [0.717, 1.165) is 6.42 Å². The summed E-state index contributed by atoms with van der Waals surface area (Å²) in [5.74, 6) is -1.03. The molecule has 29 heavy (non-hydrogen) atoms. The van der Waals surface area contributed by atoms with Crippen LogP contribution in [0.5, 0.6) is 23.0 Å². The maximum atomic E-state index is 12.5. The van der Waals surface area contributed by atoms with E-state index in [0.29, 0.717) is 12.8 Å². The molecular weight excluding hydrogens is 380 g/mol. The number of hydrogen-bond donors (Lipinski definition) is 2. The minimum absolute atomic E-state index is 0.0824. The molecule has 0 unspecified atom stereocenters. The van der Waals surface area contributed by atoms with Crippen molar-refractivity contribution in [3.63, 3.8) is 0 Å². The van der Waals surface area contributed by atoms with Gasteiger partial charge in [-0.1, -0.05) is 0 Å². The zero-order chi connectivity index (χ0) is 21.0. The molecule has 2 N–H and O–H groups in total. The molecule has 1 fully saturated rings. The largest absolute Gasteiger partial charge is 0.504 e. The van der Waals surface area contributed by atoms with E-state index in [-0.39, 0.29) is 34.1 Å². The highest BCUT2D eigenvalue weighted by Gasteiger charge is 2.34. The smallest absolute Gasteiger partial charge is 0.338 e. The van der Waals surface area contributed by atoms with Crippen LogP contribution < -0.4 is 9.47 Å². The topological polar surface area (TPSA) is 112 Å². The number of methoxy groups -OCH3 is 2. The molecule has 1 aliphatic carbocycles. The van der Waals surface area contributed by atoms with Crippen LogP contribution in [-0.4, -0.2) is 48.6 Å². The van der Waals surface area contributed by atoms with E-state index in [1.54, 1.807) is 0 Å². The molecule has 2 aromatic carbocycles. The highest BCUT2D eigenvalue weighted by atomic mass is 16.6. The fourth-order valence-corrected chi connectivity index (χ4v) is 3.18. The highest BCUT2D eigenvalue weighted by molar-refractivity contribution is 5.91. The molecule has 0 radical (unpaired) electrons. The van der Waals surface area contributed by atoms with Crippen LogP contribution in [0.25, 0.3) is 0 Å². The first-order valence-electron chi connectivity index (χ1n) is 9.09. The Hall–Kier alpha value is -3.42. The SMILES string of the molecule is COc1cc(C(=O)O[C@H]2CCC[C@H]2OC(=O)c2ccc(O)c(OC)c2)ccc1O. The molecule has 0 aromatic heterocycles. The van der Waals surface area contributed by atoms with Gasteiger partial charge in [-0.15, -0.1) is 0 Å². The van der Waals surface area contributed by atoms with Crippen LogP contribution in [-0.2, 0) is 9.47 Å². The van der Waals surface area contributed by atoms with Crippen LogP contribution in [0.4, 0.5) is 0 Å². The Morgan fingerprint density at radius 3 is 1.59 bits per heavy atom. The van der Waals surface area contributed by atoms with Gasteiger partial charge in [-0.25, -0.2) is 9.59 Å². The average molecular weight is 402 g/mol. The first kappa shape index (κ1) is 20.3. The minimum Gasteiger partial charge on any atom is -0.504 e. The summed E-state index contributed by atoms with van der Waals surface area (Å²) in [5, 5.41) is 19.3. The lowest BCUT2D eigenvalue weighted by Crippen LogP contribution is -2.30. The summed E-state index contributed by atoms with van der Waals surface area (Å²) < 4.78 is 21.1. The van der Waals surface area contributed by atoms with Gasteiger partial charge in [-0.2, -0.15) is 0 Å². The van der Waals surface area contributed by atoms with Gasteiger partial charge >= 0.3 is 11.9 Å². The Morgan fingerprint density at radius 2 is 1.21 bits per heavy atom. The summed E-state index contributed by atoms with van der Waals surface area (Å²) in [6, 6.07) is 8.32. The number of benzene rings is 2. The van der Waals surface area contributed by atoms with Crippen LogP contribution in [0.3, 0.4) is 0 Å². The first-order chi connectivity index (χ1) is 13.9. The molecule has 2 aromatic rings. The van der Waals surface area contributed by atoms with Crippen molar-refractivity contribution >= 4 is 11.9 Å². The van der Waals surface area contributed by atoms with Gasteiger partial charge in [0.25, 0.3) is 0 Å². The van der Waals surface area contributed by atoms with Gasteiger partial charge < -0.3 is 29.2 Å². The third kappa shape index (κ3) is 4.53. The van der Waals surface area contributed by atoms with Gasteiger partial charge in [0, 0.05) is 0 Å². The quantitative estimate of drug-likeness (QED) is 0.709. The normalized spacial score (nSPS) is 18.1. The molecule has 0 bridgehead atoms. The standard InChI is InChI=1S/C21H22O8/c1-26-18-10-12(6-8-14(18)22)20(24)28-16-4-3-5-17(16)29-21(25)13-7-9-15(23)19(11-13)27-2/h6-11,16-17,22-23H,3-5H2,1-2H3/t16-,17+. The highest BCUT2D eigenvalue weighted by Crippen LogP contribution is 2.31. The van der Waals surface area contributed by atoms with Crippen molar-refractivity contribution in [3.8, 4) is 23.0 Å². The maximum Gasteiger partial charge on any atom is 0.338 e. The van der Waals surface area contributed by atoms with Crippen LogP contribution in [0.1, 0.15) is 40.0 Å². The van der Waals surface area contributed by atoms with Crippen LogP contribution in [0, 0.1) is 0 Å². The monoisotopic (exact) mass is 402 g/mol. The molecule has 1 aliphatic rings. The summed E-state index contributed by atoms with van der Waals surface area (Å²) in [7, 11) is 2.77. The van der Waals surface area contributed by atoms with E-state index in [9.17, 15) is 19.8 Å². The second-order valence-electron chi connectivity index (χ2n) is 6.59. The van der Waals surface area contributed by atoms with E-state index in [2.05, 4.69) is 0 Å². The Kier molecular flexibility index (Phi) is 6.11. The van der Waals surface area contributed by atoms with Crippen molar-refractivity contribution in [2.45, 2.75) is 31.5 Å². The number of hydrogen-bond acceptors (Lipinski definition) is 8. The van der Waals surface area contributed by atoms with Gasteiger partial charge in [0.2, 0.25) is 0 Å². The zero-order valence-corrected chi connectivity index (χ0v) is 16.1. The Labute approximate surface area is 167 Å². The van der Waals surface area contributed by atoms with Crippen molar-refractivity contribution in [1.82, 2.24) is 0 Å². The predicted octanol–water partition coefficient (Wildman–Crippen LogP) is 3.05. The second kappa shape index (κ2) is 8.72.